The van der Waals surface area contributed by atoms with Gasteiger partial charge in [-0.15, -0.1) is 0 Å². The van der Waals surface area contributed by atoms with E-state index < -0.39 is 17.7 Å². The van der Waals surface area contributed by atoms with Crippen LogP contribution in [0.5, 0.6) is 0 Å². The number of carboxylic acids is 1. The molecule has 1 amide bonds. The topological polar surface area (TPSA) is 70.5 Å². The molecule has 5 nitrogen and oxygen atoms in total. The molecular weight excluding hydrogens is 373 g/mol. The minimum Gasteiger partial charge on any atom is -0.478 e. The van der Waals surface area contributed by atoms with Gasteiger partial charge < -0.3 is 10.0 Å². The zero-order valence-corrected chi connectivity index (χ0v) is 15.2. The minimum absolute atomic E-state index is 0.0533. The number of carbonyl (C=O) groups excluding carboxylic acids is 1. The van der Waals surface area contributed by atoms with Crippen molar-refractivity contribution in [2.45, 2.75) is 31.9 Å². The number of aromatic nitrogens is 1. The summed E-state index contributed by atoms with van der Waals surface area (Å²) in [5.74, 6) is -1.28. The average Bonchev–Trinajstić information content (AvgIpc) is 2.66. The highest BCUT2D eigenvalue weighted by molar-refractivity contribution is 5.94. The summed E-state index contributed by atoms with van der Waals surface area (Å²) in [5, 5.41) is 9.05. The van der Waals surface area contributed by atoms with E-state index in [1.54, 1.807) is 4.90 Å². The summed E-state index contributed by atoms with van der Waals surface area (Å²) >= 11 is 0. The van der Waals surface area contributed by atoms with E-state index in [-0.39, 0.29) is 28.8 Å². The molecular formula is C20H19F3N2O3. The van der Waals surface area contributed by atoms with Crippen molar-refractivity contribution in [1.82, 2.24) is 9.88 Å². The molecule has 2 aromatic rings. The zero-order valence-electron chi connectivity index (χ0n) is 15.2. The van der Waals surface area contributed by atoms with Gasteiger partial charge in [0.15, 0.2) is 0 Å². The number of aryl methyl sites for hydroxylation is 1. The van der Waals surface area contributed by atoms with E-state index in [1.807, 2.05) is 0 Å². The monoisotopic (exact) mass is 392 g/mol. The van der Waals surface area contributed by atoms with Crippen LogP contribution in [0.3, 0.4) is 0 Å². The number of aromatic carboxylic acids is 1. The second-order valence-corrected chi connectivity index (χ2v) is 6.82. The highest BCUT2D eigenvalue weighted by atomic mass is 19.4. The summed E-state index contributed by atoms with van der Waals surface area (Å²) in [6.45, 7) is 2.47. The number of hydrogen-bond donors (Lipinski definition) is 1. The van der Waals surface area contributed by atoms with Crippen LogP contribution in [0.1, 0.15) is 56.4 Å². The fourth-order valence-electron chi connectivity index (χ4n) is 3.43. The lowest BCUT2D eigenvalue weighted by Crippen LogP contribution is -2.38. The Morgan fingerprint density at radius 1 is 1.07 bits per heavy atom. The maximum Gasteiger partial charge on any atom is 0.416 e. The molecule has 0 saturated carbocycles. The van der Waals surface area contributed by atoms with Gasteiger partial charge in [0.25, 0.3) is 5.91 Å². The van der Waals surface area contributed by atoms with Crippen molar-refractivity contribution in [1.29, 1.82) is 0 Å². The van der Waals surface area contributed by atoms with Crippen LogP contribution < -0.4 is 0 Å². The SMILES string of the molecule is Cc1nc(C(=O)N2CCC(c3ccc(C(F)(F)F)cc3)CC2)ccc1C(=O)O. The van der Waals surface area contributed by atoms with Crippen LogP contribution in [-0.2, 0) is 6.18 Å². The Bertz CT molecular complexity index is 887. The largest absolute Gasteiger partial charge is 0.478 e. The summed E-state index contributed by atoms with van der Waals surface area (Å²) in [5.41, 5.74) is 0.682. The molecule has 1 aliphatic heterocycles. The molecule has 1 aromatic carbocycles. The Balaban J connectivity index is 1.64. The van der Waals surface area contributed by atoms with Gasteiger partial charge in [-0.05, 0) is 55.5 Å². The van der Waals surface area contributed by atoms with E-state index in [0.29, 0.717) is 25.9 Å². The van der Waals surface area contributed by atoms with Crippen molar-refractivity contribution in [3.63, 3.8) is 0 Å². The van der Waals surface area contributed by atoms with Gasteiger partial charge in [0.1, 0.15) is 5.69 Å². The molecule has 2 heterocycles. The molecule has 8 heteroatoms. The number of nitrogens with zero attached hydrogens (tertiary/aromatic N) is 2. The van der Waals surface area contributed by atoms with Gasteiger partial charge in [-0.1, -0.05) is 12.1 Å². The Morgan fingerprint density at radius 2 is 1.68 bits per heavy atom. The van der Waals surface area contributed by atoms with Crippen molar-refractivity contribution in [3.8, 4) is 0 Å². The highest BCUT2D eigenvalue weighted by Gasteiger charge is 2.31. The molecule has 0 bridgehead atoms. The summed E-state index contributed by atoms with van der Waals surface area (Å²) < 4.78 is 38.0. The van der Waals surface area contributed by atoms with Gasteiger partial charge in [0.05, 0.1) is 16.8 Å². The van der Waals surface area contributed by atoms with Crippen LogP contribution in [0.4, 0.5) is 13.2 Å². The lowest BCUT2D eigenvalue weighted by Gasteiger charge is -2.32. The summed E-state index contributed by atoms with van der Waals surface area (Å²) in [4.78, 5) is 29.4. The predicted molar refractivity (Wildman–Crippen MR) is 95.3 cm³/mol. The molecule has 1 aromatic heterocycles. The van der Waals surface area contributed by atoms with Crippen molar-refractivity contribution in [2.24, 2.45) is 0 Å². The maximum absolute atomic E-state index is 12.7. The number of carbonyl (C=O) groups is 2. The van der Waals surface area contributed by atoms with Crippen LogP contribution >= 0.6 is 0 Å². The Labute approximate surface area is 159 Å². The second kappa shape index (κ2) is 7.61. The lowest BCUT2D eigenvalue weighted by molar-refractivity contribution is -0.137. The Kier molecular flexibility index (Phi) is 5.40. The van der Waals surface area contributed by atoms with Crippen molar-refractivity contribution >= 4 is 11.9 Å². The van der Waals surface area contributed by atoms with Gasteiger partial charge in [-0.3, -0.25) is 4.79 Å². The number of alkyl halides is 3. The van der Waals surface area contributed by atoms with Crippen LogP contribution in [0, 0.1) is 6.92 Å². The Morgan fingerprint density at radius 3 is 2.18 bits per heavy atom. The van der Waals surface area contributed by atoms with Gasteiger partial charge in [-0.25, -0.2) is 9.78 Å². The smallest absolute Gasteiger partial charge is 0.416 e. The number of carboxylic acid groups (broad SMARTS) is 1. The van der Waals surface area contributed by atoms with Crippen molar-refractivity contribution in [3.05, 3.63) is 64.5 Å². The predicted octanol–water partition coefficient (Wildman–Crippen LogP) is 4.13. The third-order valence-electron chi connectivity index (χ3n) is 5.03. The molecule has 1 N–H and O–H groups in total. The first-order chi connectivity index (χ1) is 13.2. The van der Waals surface area contributed by atoms with Crippen LogP contribution in [0.2, 0.25) is 0 Å². The summed E-state index contributed by atoms with van der Waals surface area (Å²) in [6, 6.07) is 7.95. The molecule has 148 valence electrons. The number of likely N-dealkylation sites (tertiary alicyclic amines) is 1. The average molecular weight is 392 g/mol. The molecule has 1 aliphatic rings. The van der Waals surface area contributed by atoms with Crippen molar-refractivity contribution in [2.75, 3.05) is 13.1 Å². The molecule has 0 atom stereocenters. The number of rotatable bonds is 3. The third-order valence-corrected chi connectivity index (χ3v) is 5.03. The van der Waals surface area contributed by atoms with Gasteiger partial charge in [-0.2, -0.15) is 13.2 Å². The summed E-state index contributed by atoms with van der Waals surface area (Å²) in [7, 11) is 0. The standard InChI is InChI=1S/C20H19F3N2O3/c1-12-16(19(27)28)6-7-17(24-12)18(26)25-10-8-14(9-11-25)13-2-4-15(5-3-13)20(21,22)23/h2-7,14H,8-11H2,1H3,(H,27,28). The maximum atomic E-state index is 12.7. The fraction of sp³-hybridized carbons (Fsp3) is 0.350. The third kappa shape index (κ3) is 4.16. The number of pyridine rings is 1. The fourth-order valence-corrected chi connectivity index (χ4v) is 3.43. The zero-order chi connectivity index (χ0) is 20.5. The molecule has 1 saturated heterocycles. The van der Waals surface area contributed by atoms with Crippen molar-refractivity contribution < 1.29 is 27.9 Å². The molecule has 0 aliphatic carbocycles. The van der Waals surface area contributed by atoms with E-state index in [1.165, 1.54) is 31.2 Å². The van der Waals surface area contributed by atoms with E-state index in [9.17, 15) is 22.8 Å². The minimum atomic E-state index is -4.35. The Hall–Kier alpha value is -2.90. The van der Waals surface area contributed by atoms with E-state index in [4.69, 9.17) is 5.11 Å². The van der Waals surface area contributed by atoms with E-state index >= 15 is 0 Å². The molecule has 0 radical (unpaired) electrons. The first-order valence-electron chi connectivity index (χ1n) is 8.84. The van der Waals surface area contributed by atoms with Gasteiger partial charge >= 0.3 is 12.1 Å². The van der Waals surface area contributed by atoms with Crippen LogP contribution in [-0.4, -0.2) is 40.0 Å². The summed E-state index contributed by atoms with van der Waals surface area (Å²) in [6.07, 6.45) is -3.07. The number of amides is 1. The number of piperidine rings is 1. The molecule has 28 heavy (non-hydrogen) atoms. The van der Waals surface area contributed by atoms with E-state index in [2.05, 4.69) is 4.98 Å². The quantitative estimate of drug-likeness (QED) is 0.853. The molecule has 1 fully saturated rings. The number of hydrogen-bond acceptors (Lipinski definition) is 3. The second-order valence-electron chi connectivity index (χ2n) is 6.82. The first kappa shape index (κ1) is 19.9. The number of benzene rings is 1. The van der Waals surface area contributed by atoms with Gasteiger partial charge in [0, 0.05) is 13.1 Å². The van der Waals surface area contributed by atoms with Gasteiger partial charge in [0.2, 0.25) is 0 Å². The van der Waals surface area contributed by atoms with Crippen LogP contribution in [0.25, 0.3) is 0 Å². The van der Waals surface area contributed by atoms with E-state index in [0.717, 1.165) is 17.7 Å². The number of halogens is 3. The molecule has 0 unspecified atom stereocenters. The van der Waals surface area contributed by atoms with Crippen LogP contribution in [0.15, 0.2) is 36.4 Å². The lowest BCUT2D eigenvalue weighted by atomic mass is 9.89. The molecule has 0 spiro atoms. The molecule has 3 rings (SSSR count). The first-order valence-corrected chi connectivity index (χ1v) is 8.84. The normalized spacial score (nSPS) is 15.5. The highest BCUT2D eigenvalue weighted by Crippen LogP contribution is 2.33.